The number of methoxy groups -OCH3 is 1. The maximum atomic E-state index is 12.2. The molecule has 0 aliphatic carbocycles. The predicted molar refractivity (Wildman–Crippen MR) is 92.7 cm³/mol. The summed E-state index contributed by atoms with van der Waals surface area (Å²) < 4.78 is 9.48. The van der Waals surface area contributed by atoms with Gasteiger partial charge in [0.05, 0.1) is 25.9 Å². The van der Waals surface area contributed by atoms with Crippen molar-refractivity contribution in [1.82, 2.24) is 5.32 Å². The van der Waals surface area contributed by atoms with Gasteiger partial charge in [-0.05, 0) is 12.2 Å². The molecule has 0 amide bonds. The van der Waals surface area contributed by atoms with Crippen molar-refractivity contribution in [3.05, 3.63) is 0 Å². The van der Waals surface area contributed by atoms with E-state index in [9.17, 15) is 14.7 Å². The van der Waals surface area contributed by atoms with Gasteiger partial charge in [-0.2, -0.15) is 11.8 Å². The largest absolute Gasteiger partial charge is 0.467 e. The molecule has 23 heavy (non-hydrogen) atoms. The van der Waals surface area contributed by atoms with Crippen LogP contribution in [-0.2, 0) is 19.1 Å². The number of aliphatic hydroxyl groups is 1. The number of hydrogen-bond donors (Lipinski definition) is 2. The van der Waals surface area contributed by atoms with E-state index in [0.717, 1.165) is 12.2 Å². The molecule has 1 unspecified atom stereocenters. The predicted octanol–water partition coefficient (Wildman–Crippen LogP) is 1.25. The second-order valence-corrected chi connectivity index (χ2v) is 7.19. The second kappa shape index (κ2) is 12.8. The molecule has 7 heteroatoms. The molecule has 0 saturated heterocycles. The zero-order valence-corrected chi connectivity index (χ0v) is 15.6. The summed E-state index contributed by atoms with van der Waals surface area (Å²) in [7, 11) is 1.29. The van der Waals surface area contributed by atoms with Crippen molar-refractivity contribution in [3.63, 3.8) is 0 Å². The van der Waals surface area contributed by atoms with Crippen molar-refractivity contribution >= 4 is 23.5 Å². The fraction of sp³-hybridized carbons (Fsp3) is 0.875. The number of carbonyl (C=O) groups is 2. The number of nitrogens with one attached hydrogen (secondary N) is 1. The van der Waals surface area contributed by atoms with E-state index in [1.54, 1.807) is 11.8 Å². The van der Waals surface area contributed by atoms with Crippen LogP contribution >= 0.6 is 11.8 Å². The first-order valence-electron chi connectivity index (χ1n) is 7.98. The summed E-state index contributed by atoms with van der Waals surface area (Å²) in [6.45, 7) is 7.81. The summed E-state index contributed by atoms with van der Waals surface area (Å²) in [6, 6.07) is 0.111. The van der Waals surface area contributed by atoms with E-state index in [1.165, 1.54) is 7.11 Å². The Morgan fingerprint density at radius 1 is 1.22 bits per heavy atom. The highest BCUT2D eigenvalue weighted by Gasteiger charge is 2.21. The first-order valence-corrected chi connectivity index (χ1v) is 9.13. The SMILES string of the molecule is COC(=O)COCC(O)CSCC[C@H](NC(C)C)C(=O)C(C)C. The van der Waals surface area contributed by atoms with Crippen molar-refractivity contribution in [2.75, 3.05) is 31.8 Å². The number of esters is 1. The van der Waals surface area contributed by atoms with E-state index in [1.807, 2.05) is 27.7 Å². The summed E-state index contributed by atoms with van der Waals surface area (Å²) in [5.74, 6) is 1.05. The lowest BCUT2D eigenvalue weighted by atomic mass is 9.99. The molecule has 6 nitrogen and oxygen atoms in total. The Morgan fingerprint density at radius 3 is 2.39 bits per heavy atom. The Balaban J connectivity index is 3.96. The molecule has 0 saturated carbocycles. The summed E-state index contributed by atoms with van der Waals surface area (Å²) in [5.41, 5.74) is 0. The van der Waals surface area contributed by atoms with Gasteiger partial charge in [0, 0.05) is 17.7 Å². The fourth-order valence-electron chi connectivity index (χ4n) is 1.92. The summed E-state index contributed by atoms with van der Waals surface area (Å²) in [6.07, 6.45) is 0.0947. The van der Waals surface area contributed by atoms with Crippen molar-refractivity contribution in [2.45, 2.75) is 52.3 Å². The van der Waals surface area contributed by atoms with Crippen LogP contribution in [0.15, 0.2) is 0 Å². The monoisotopic (exact) mass is 349 g/mol. The Hall–Kier alpha value is -0.630. The molecule has 136 valence electrons. The quantitative estimate of drug-likeness (QED) is 0.382. The third-order valence-electron chi connectivity index (χ3n) is 3.07. The number of thioether (sulfide) groups is 1. The Morgan fingerprint density at radius 2 is 1.87 bits per heavy atom. The van der Waals surface area contributed by atoms with E-state index >= 15 is 0 Å². The van der Waals surface area contributed by atoms with E-state index in [4.69, 9.17) is 4.74 Å². The zero-order chi connectivity index (χ0) is 17.8. The van der Waals surface area contributed by atoms with Gasteiger partial charge in [0.2, 0.25) is 0 Å². The first-order chi connectivity index (χ1) is 10.8. The molecular weight excluding hydrogens is 318 g/mol. The number of rotatable bonds is 13. The fourth-order valence-corrected chi connectivity index (χ4v) is 2.86. The molecule has 2 N–H and O–H groups in total. The number of Topliss-reactive ketones (excluding diaryl/α,β-unsaturated/α-hetero) is 1. The molecule has 0 rings (SSSR count). The molecule has 0 spiro atoms. The lowest BCUT2D eigenvalue weighted by Crippen LogP contribution is -2.43. The smallest absolute Gasteiger partial charge is 0.331 e. The van der Waals surface area contributed by atoms with Crippen LogP contribution in [0.3, 0.4) is 0 Å². The van der Waals surface area contributed by atoms with Crippen LogP contribution < -0.4 is 5.32 Å². The van der Waals surface area contributed by atoms with E-state index in [-0.39, 0.29) is 37.0 Å². The standard InChI is InChI=1S/C16H31NO5S/c1-11(2)16(20)14(17-12(3)4)6-7-23-10-13(18)8-22-9-15(19)21-5/h11-14,17-18H,6-10H2,1-5H3/t13?,14-/m0/s1. The van der Waals surface area contributed by atoms with Crippen LogP contribution in [0.5, 0.6) is 0 Å². The van der Waals surface area contributed by atoms with E-state index in [0.29, 0.717) is 5.75 Å². The third kappa shape index (κ3) is 11.5. The van der Waals surface area contributed by atoms with Crippen LogP contribution in [0.25, 0.3) is 0 Å². The maximum Gasteiger partial charge on any atom is 0.331 e. The summed E-state index contributed by atoms with van der Waals surface area (Å²) in [5, 5.41) is 13.1. The average molecular weight is 349 g/mol. The van der Waals surface area contributed by atoms with Crippen molar-refractivity contribution in [2.24, 2.45) is 5.92 Å². The summed E-state index contributed by atoms with van der Waals surface area (Å²) in [4.78, 5) is 23.0. The highest BCUT2D eigenvalue weighted by atomic mass is 32.2. The number of aliphatic hydroxyl groups excluding tert-OH is 1. The molecule has 0 aliphatic heterocycles. The minimum Gasteiger partial charge on any atom is -0.467 e. The minimum atomic E-state index is -0.637. The van der Waals surface area contributed by atoms with Crippen LogP contribution in [0, 0.1) is 5.92 Å². The van der Waals surface area contributed by atoms with E-state index in [2.05, 4.69) is 10.1 Å². The maximum absolute atomic E-state index is 12.2. The first kappa shape index (κ1) is 22.4. The van der Waals surface area contributed by atoms with Gasteiger partial charge in [-0.1, -0.05) is 27.7 Å². The molecular formula is C16H31NO5S. The van der Waals surface area contributed by atoms with Gasteiger partial charge in [-0.15, -0.1) is 0 Å². The Labute approximate surface area is 143 Å². The topological polar surface area (TPSA) is 84.9 Å². The van der Waals surface area contributed by atoms with E-state index < -0.39 is 12.1 Å². The Bertz CT molecular complexity index is 349. The van der Waals surface area contributed by atoms with Gasteiger partial charge in [-0.25, -0.2) is 4.79 Å². The van der Waals surface area contributed by atoms with Gasteiger partial charge in [0.1, 0.15) is 6.61 Å². The molecule has 2 atom stereocenters. The molecule has 0 aromatic rings. The number of ketones is 1. The van der Waals surface area contributed by atoms with Gasteiger partial charge >= 0.3 is 5.97 Å². The van der Waals surface area contributed by atoms with Gasteiger partial charge < -0.3 is 19.9 Å². The molecule has 0 aromatic carbocycles. The molecule has 0 radical (unpaired) electrons. The van der Waals surface area contributed by atoms with Gasteiger partial charge in [0.15, 0.2) is 5.78 Å². The molecule has 0 aromatic heterocycles. The molecule has 0 heterocycles. The van der Waals surface area contributed by atoms with Crippen LogP contribution in [-0.4, -0.2) is 66.9 Å². The van der Waals surface area contributed by atoms with Gasteiger partial charge in [-0.3, -0.25) is 4.79 Å². The van der Waals surface area contributed by atoms with Crippen molar-refractivity contribution in [3.8, 4) is 0 Å². The van der Waals surface area contributed by atoms with Crippen LogP contribution in [0.4, 0.5) is 0 Å². The lowest BCUT2D eigenvalue weighted by molar-refractivity contribution is -0.146. The normalized spacial score (nSPS) is 14.1. The number of hydrogen-bond acceptors (Lipinski definition) is 7. The lowest BCUT2D eigenvalue weighted by Gasteiger charge is -2.22. The Kier molecular flexibility index (Phi) is 12.4. The molecule has 0 bridgehead atoms. The molecule has 0 aliphatic rings. The summed E-state index contributed by atoms with van der Waals surface area (Å²) >= 11 is 1.57. The van der Waals surface area contributed by atoms with Crippen LogP contribution in [0.2, 0.25) is 0 Å². The number of ether oxygens (including phenoxy) is 2. The minimum absolute atomic E-state index is 0.00793. The van der Waals surface area contributed by atoms with Gasteiger partial charge in [0.25, 0.3) is 0 Å². The van der Waals surface area contributed by atoms with Crippen molar-refractivity contribution < 1.29 is 24.2 Å². The average Bonchev–Trinajstić information content (AvgIpc) is 2.48. The third-order valence-corrected chi connectivity index (χ3v) is 4.21. The second-order valence-electron chi connectivity index (χ2n) is 6.04. The van der Waals surface area contributed by atoms with Crippen LogP contribution in [0.1, 0.15) is 34.1 Å². The molecule has 0 fully saturated rings. The highest BCUT2D eigenvalue weighted by Crippen LogP contribution is 2.11. The van der Waals surface area contributed by atoms with Crippen molar-refractivity contribution in [1.29, 1.82) is 0 Å². The zero-order valence-electron chi connectivity index (χ0n) is 14.8. The number of carbonyl (C=O) groups excluding carboxylic acids is 2. The highest BCUT2D eigenvalue weighted by molar-refractivity contribution is 7.99.